The fourth-order valence-corrected chi connectivity index (χ4v) is 17.8. The highest BCUT2D eigenvalue weighted by atomic mass is 35.5. The molecular formula is C83H99ClN20O4. The van der Waals surface area contributed by atoms with Crippen LogP contribution in [0.5, 0.6) is 0 Å². The summed E-state index contributed by atoms with van der Waals surface area (Å²) in [4.78, 5) is 48.5. The molecule has 0 saturated carbocycles. The number of aromatic nitrogens is 6. The summed E-state index contributed by atoms with van der Waals surface area (Å²) >= 11 is 5.86. The minimum Gasteiger partial charge on any atom is -0.444 e. The van der Waals surface area contributed by atoms with Crippen LogP contribution in [-0.2, 0) is 29.1 Å². The third-order valence-electron chi connectivity index (χ3n) is 22.9. The fourth-order valence-electron chi connectivity index (χ4n) is 17.6. The maximum Gasteiger partial charge on any atom is 0.410 e. The molecule has 18 rings (SSSR count). The summed E-state index contributed by atoms with van der Waals surface area (Å²) in [6, 6.07) is 47.4. The van der Waals surface area contributed by atoms with Crippen LogP contribution in [0.15, 0.2) is 128 Å². The van der Waals surface area contributed by atoms with Crippen LogP contribution in [0, 0.1) is 34.0 Å². The topological polar surface area (TPSA) is 220 Å². The first-order chi connectivity index (χ1) is 52.1. The quantitative estimate of drug-likeness (QED) is 0.169. The van der Waals surface area contributed by atoms with Crippen LogP contribution in [0.3, 0.4) is 0 Å². The Morgan fingerprint density at radius 1 is 0.444 bits per heavy atom. The molecule has 562 valence electrons. The summed E-state index contributed by atoms with van der Waals surface area (Å²) in [5.74, 6) is 0. The van der Waals surface area contributed by atoms with Gasteiger partial charge in [-0.3, -0.25) is 14.7 Å². The number of benzene rings is 3. The van der Waals surface area contributed by atoms with E-state index < -0.39 is 11.2 Å². The van der Waals surface area contributed by atoms with Crippen LogP contribution in [0.1, 0.15) is 150 Å². The average molecular weight is 1480 g/mol. The first-order valence-corrected chi connectivity index (χ1v) is 38.8. The second kappa shape index (κ2) is 30.5. The lowest BCUT2D eigenvalue weighted by Crippen LogP contribution is -2.51. The van der Waals surface area contributed by atoms with E-state index in [1.807, 2.05) is 81.7 Å². The van der Waals surface area contributed by atoms with Crippen LogP contribution in [0.2, 0.25) is 5.02 Å². The highest BCUT2D eigenvalue weighted by Gasteiger charge is 2.43. The summed E-state index contributed by atoms with van der Waals surface area (Å²) in [5, 5.41) is 44.3. The second-order valence-corrected chi connectivity index (χ2v) is 32.5. The molecule has 25 heteroatoms. The van der Waals surface area contributed by atoms with E-state index in [0.29, 0.717) is 71.4 Å². The zero-order valence-electron chi connectivity index (χ0n) is 63.7. The van der Waals surface area contributed by atoms with Crippen molar-refractivity contribution in [1.82, 2.24) is 58.7 Å². The first kappa shape index (κ1) is 73.4. The van der Waals surface area contributed by atoms with Crippen molar-refractivity contribution < 1.29 is 19.1 Å². The van der Waals surface area contributed by atoms with Gasteiger partial charge in [0.2, 0.25) is 0 Å². The number of amides is 2. The number of pyridine rings is 3. The average Bonchev–Trinajstić information content (AvgIpc) is 1.60. The Labute approximate surface area is 638 Å². The van der Waals surface area contributed by atoms with E-state index in [0.717, 1.165) is 139 Å². The predicted octanol–water partition coefficient (Wildman–Crippen LogP) is 12.4. The molecule has 24 nitrogen and oxygen atoms in total. The van der Waals surface area contributed by atoms with E-state index in [-0.39, 0.29) is 12.2 Å². The van der Waals surface area contributed by atoms with Gasteiger partial charge in [-0.15, -0.1) is 0 Å². The van der Waals surface area contributed by atoms with Crippen molar-refractivity contribution in [2.45, 2.75) is 149 Å². The minimum absolute atomic E-state index is 0.193. The predicted molar refractivity (Wildman–Crippen MR) is 421 cm³/mol. The van der Waals surface area contributed by atoms with Gasteiger partial charge in [-0.05, 0) is 200 Å². The number of hydrogen-bond donors (Lipinski definition) is 1. The Kier molecular flexibility index (Phi) is 20.7. The molecule has 1 N–H and O–H groups in total. The molecule has 9 aromatic rings. The van der Waals surface area contributed by atoms with E-state index in [1.54, 1.807) is 45.8 Å². The number of nitriles is 3. The van der Waals surface area contributed by atoms with Crippen LogP contribution in [0.4, 0.5) is 38.0 Å². The molecule has 9 aliphatic rings. The van der Waals surface area contributed by atoms with Gasteiger partial charge in [-0.25, -0.2) is 23.1 Å². The summed E-state index contributed by atoms with van der Waals surface area (Å²) in [5.41, 5.74) is 18.4. The number of anilines is 5. The van der Waals surface area contributed by atoms with Crippen molar-refractivity contribution in [2.75, 3.05) is 129 Å². The Bertz CT molecular complexity index is 4940. The third kappa shape index (κ3) is 15.0. The Morgan fingerprint density at radius 3 is 1.24 bits per heavy atom. The SMILES string of the molecule is C[C@@H]1CCC[C@@H]2c3ccc(N4CCN(C(=O)OC(C)(C)C)CC4)cc3CN12.C[C@@H]1CN(c2ccc(C#N)n3nccc23)C[C@@H]2c3ccc(N4CCN(C(=O)OC(C)(C)C)CC4)cc3CN12.C[C@@H]1CN(c2ccc(C#N)n3nccc23)C[C@@H]2c3ccc(N4CCNCC4)cc3CN12.N#Cc1ccc(Cl)c2ccnn12. The largest absolute Gasteiger partial charge is 0.444 e. The van der Waals surface area contributed by atoms with Gasteiger partial charge in [0, 0.05) is 166 Å². The van der Waals surface area contributed by atoms with Gasteiger partial charge in [0.1, 0.15) is 46.5 Å². The smallest absolute Gasteiger partial charge is 0.410 e. The van der Waals surface area contributed by atoms with Gasteiger partial charge in [0.15, 0.2) is 0 Å². The number of nitrogens with one attached hydrogen (secondary N) is 1. The van der Waals surface area contributed by atoms with Crippen molar-refractivity contribution in [3.63, 3.8) is 0 Å². The van der Waals surface area contributed by atoms with Crippen LogP contribution < -0.4 is 29.8 Å². The molecule has 108 heavy (non-hydrogen) atoms. The lowest BCUT2D eigenvalue weighted by Gasteiger charge is -2.43. The monoisotopic (exact) mass is 1470 g/mol. The number of ether oxygens (including phenoxy) is 2. The number of carbonyl (C=O) groups excluding carboxylic acids is 2. The Balaban J connectivity index is 0.000000121. The van der Waals surface area contributed by atoms with Crippen LogP contribution in [-0.4, -0.2) is 200 Å². The molecule has 6 saturated heterocycles. The molecule has 6 atom stereocenters. The van der Waals surface area contributed by atoms with E-state index in [4.69, 9.17) is 26.3 Å². The molecular weight excluding hydrogens is 1380 g/mol. The zero-order valence-corrected chi connectivity index (χ0v) is 64.4. The van der Waals surface area contributed by atoms with E-state index in [9.17, 15) is 20.1 Å². The van der Waals surface area contributed by atoms with Crippen molar-refractivity contribution in [3.8, 4) is 18.2 Å². The van der Waals surface area contributed by atoms with Crippen molar-refractivity contribution >= 4 is 68.8 Å². The minimum atomic E-state index is -0.474. The summed E-state index contributed by atoms with van der Waals surface area (Å²) in [7, 11) is 0. The van der Waals surface area contributed by atoms with Gasteiger partial charge in [0.25, 0.3) is 0 Å². The van der Waals surface area contributed by atoms with Gasteiger partial charge < -0.3 is 49.1 Å². The highest BCUT2D eigenvalue weighted by molar-refractivity contribution is 6.33. The summed E-state index contributed by atoms with van der Waals surface area (Å²) in [6.07, 6.45) is 8.70. The standard InChI is InChI=1S/C29H35N7O2.C24H27N7.C22H33N3O2.C8H4ClN3/c1-20-17-34(25-8-6-23(16-30)36-26(25)9-10-31-36)19-27-24-7-5-22(15-21(24)18-35(20)27)32-11-13-33(14-12-32)28(37)38-29(2,3)4;1-17-14-29(22-5-3-20(13-25)31-23(22)6-7-27-31)16-24-21-4-2-19(12-18(21)15-30(17)24)28-10-8-26-9-11-28;1-16-6-5-7-20-19-9-8-18(14-17(19)15-25(16)20)23-10-12-24(13-11-23)21(26)27-22(2,3)4;9-7-2-1-6(5-10)12-8(7)3-4-11-12/h5-10,15,20,27H,11-14,17-19H2,1-4H3;2-7,12,17,24,26H,8-11,14-16H2,1H3;8-9,14,16,20H,5-7,10-13,15H2,1-4H3;1-4H/t20-,27-;17-,24-;16-,20-;/m111./s1. The Morgan fingerprint density at radius 2 is 0.824 bits per heavy atom. The number of piperidine rings is 1. The molecule has 0 spiro atoms. The number of piperazine rings is 5. The van der Waals surface area contributed by atoms with Gasteiger partial charge >= 0.3 is 12.2 Å². The van der Waals surface area contributed by atoms with Crippen LogP contribution >= 0.6 is 11.6 Å². The summed E-state index contributed by atoms with van der Waals surface area (Å²) in [6.45, 7) is 35.7. The molecule has 0 bridgehead atoms. The molecule has 0 radical (unpaired) electrons. The third-order valence-corrected chi connectivity index (χ3v) is 23.3. The number of hydrogen-bond acceptors (Lipinski definition) is 19. The fraction of sp³-hybridized carbons (Fsp3) is 0.470. The first-order valence-electron chi connectivity index (χ1n) is 38.4. The molecule has 0 aliphatic carbocycles. The molecule has 9 aliphatic heterocycles. The zero-order chi connectivity index (χ0) is 75.3. The molecule has 6 aromatic heterocycles. The number of fused-ring (bicyclic) bond motifs is 12. The Hall–Kier alpha value is -10.1. The number of halogens is 1. The summed E-state index contributed by atoms with van der Waals surface area (Å²) < 4.78 is 16.1. The normalized spacial score (nSPS) is 22.0. The number of rotatable bonds is 5. The second-order valence-electron chi connectivity index (χ2n) is 32.1. The number of nitrogens with zero attached hydrogens (tertiary/aromatic N) is 19. The van der Waals surface area contributed by atoms with Crippen LogP contribution in [0.25, 0.3) is 16.6 Å². The lowest BCUT2D eigenvalue weighted by atomic mass is 9.94. The number of carbonyl (C=O) groups is 2. The van der Waals surface area contributed by atoms with Gasteiger partial charge in [0.05, 0.1) is 63.6 Å². The van der Waals surface area contributed by atoms with E-state index in [1.165, 1.54) is 74.2 Å². The molecule has 3 aromatic carbocycles. The van der Waals surface area contributed by atoms with Gasteiger partial charge in [-0.1, -0.05) is 36.2 Å². The van der Waals surface area contributed by atoms with Crippen molar-refractivity contribution in [2.24, 2.45) is 0 Å². The molecule has 6 fully saturated rings. The van der Waals surface area contributed by atoms with Crippen molar-refractivity contribution in [3.05, 3.63) is 183 Å². The lowest BCUT2D eigenvalue weighted by molar-refractivity contribution is 0.0230. The van der Waals surface area contributed by atoms with E-state index in [2.05, 4.69) is 159 Å². The van der Waals surface area contributed by atoms with E-state index >= 15 is 0 Å². The molecule has 0 unspecified atom stereocenters. The maximum atomic E-state index is 12.5. The molecule has 2 amide bonds. The van der Waals surface area contributed by atoms with Crippen molar-refractivity contribution in [1.29, 1.82) is 15.8 Å². The van der Waals surface area contributed by atoms with Gasteiger partial charge in [-0.2, -0.15) is 31.1 Å². The maximum absolute atomic E-state index is 12.5. The molecule has 15 heterocycles. The highest BCUT2D eigenvalue weighted by Crippen LogP contribution is 2.46.